The van der Waals surface area contributed by atoms with E-state index < -0.39 is 52.3 Å². The number of carbonyl (C=O) groups excluding carboxylic acids is 2. The van der Waals surface area contributed by atoms with Gasteiger partial charge in [-0.2, -0.15) is 11.8 Å². The van der Waals surface area contributed by atoms with Gasteiger partial charge in [-0.3, -0.25) is 14.9 Å². The summed E-state index contributed by atoms with van der Waals surface area (Å²) in [6.45, 7) is 3.91. The fraction of sp³-hybridized carbons (Fsp3) is 0.500. The molecule has 1 aromatic carbocycles. The van der Waals surface area contributed by atoms with Gasteiger partial charge >= 0.3 is 0 Å². The lowest BCUT2D eigenvalue weighted by atomic mass is 9.95. The largest absolute Gasteiger partial charge is 0.338 e. The highest BCUT2D eigenvalue weighted by molar-refractivity contribution is 7.98. The second-order valence-corrected chi connectivity index (χ2v) is 8.47. The van der Waals surface area contributed by atoms with Gasteiger partial charge in [0.2, 0.25) is 11.7 Å². The van der Waals surface area contributed by atoms with E-state index >= 15 is 0 Å². The first kappa shape index (κ1) is 23.5. The number of hydrogen-bond acceptors (Lipinski definition) is 4. The number of nitrogens with one attached hydrogen (secondary N) is 1. The van der Waals surface area contributed by atoms with Gasteiger partial charge in [-0.05, 0) is 18.4 Å². The van der Waals surface area contributed by atoms with Crippen molar-refractivity contribution >= 4 is 23.6 Å². The van der Waals surface area contributed by atoms with E-state index in [-0.39, 0.29) is 38.4 Å². The van der Waals surface area contributed by atoms with Crippen LogP contribution < -0.4 is 5.32 Å². The highest BCUT2D eigenvalue weighted by Crippen LogP contribution is 2.34. The Balaban J connectivity index is 1.81. The van der Waals surface area contributed by atoms with E-state index in [4.69, 9.17) is 0 Å². The van der Waals surface area contributed by atoms with E-state index in [2.05, 4.69) is 11.9 Å². The second kappa shape index (κ2) is 9.15. The van der Waals surface area contributed by atoms with Crippen molar-refractivity contribution in [2.45, 2.75) is 31.0 Å². The third kappa shape index (κ3) is 4.05. The summed E-state index contributed by atoms with van der Waals surface area (Å²) in [5, 5.41) is 3.33. The Morgan fingerprint density at radius 2 is 1.68 bits per heavy atom. The van der Waals surface area contributed by atoms with Crippen molar-refractivity contribution in [1.82, 2.24) is 15.1 Å². The molecule has 2 heterocycles. The number of likely N-dealkylation sites (tertiary alicyclic amines) is 1. The molecule has 2 fully saturated rings. The lowest BCUT2D eigenvalue weighted by Crippen LogP contribution is -2.59. The predicted molar refractivity (Wildman–Crippen MR) is 106 cm³/mol. The maximum atomic E-state index is 14.0. The molecule has 1 atom stereocenters. The quantitative estimate of drug-likeness (QED) is 0.305. The molecule has 0 bridgehead atoms. The summed E-state index contributed by atoms with van der Waals surface area (Å²) in [6.07, 6.45) is 4.61. The minimum atomic E-state index is -2.31. The van der Waals surface area contributed by atoms with Crippen LogP contribution in [0.3, 0.4) is 0 Å². The van der Waals surface area contributed by atoms with E-state index in [1.54, 1.807) is 22.7 Å². The summed E-state index contributed by atoms with van der Waals surface area (Å²) >= 11 is 1.61. The fourth-order valence-electron chi connectivity index (χ4n) is 4.13. The molecular formula is C20H22F5N3O2S. The summed E-state index contributed by atoms with van der Waals surface area (Å²) in [5.74, 6) is -11.5. The molecule has 1 unspecified atom stereocenters. The van der Waals surface area contributed by atoms with Crippen LogP contribution in [-0.4, -0.2) is 65.0 Å². The first-order valence-electron chi connectivity index (χ1n) is 9.68. The van der Waals surface area contributed by atoms with Crippen LogP contribution in [0.2, 0.25) is 0 Å². The third-order valence-corrected chi connectivity index (χ3v) is 6.39. The van der Waals surface area contributed by atoms with Gasteiger partial charge in [0, 0.05) is 32.5 Å². The van der Waals surface area contributed by atoms with E-state index in [0.29, 0.717) is 6.42 Å². The van der Waals surface area contributed by atoms with Gasteiger partial charge in [0.25, 0.3) is 5.91 Å². The zero-order chi connectivity index (χ0) is 22.9. The lowest BCUT2D eigenvalue weighted by Gasteiger charge is -2.44. The first-order chi connectivity index (χ1) is 14.7. The van der Waals surface area contributed by atoms with Gasteiger partial charge < -0.3 is 9.80 Å². The SMILES string of the molecule is C=CCN1C(=O)C(CCSC)NC12CCN(C(=O)c1c(F)c(F)c(F)c(F)c1F)CC2. The van der Waals surface area contributed by atoms with Crippen LogP contribution in [0.1, 0.15) is 29.6 Å². The Labute approximate surface area is 180 Å². The molecule has 2 aliphatic heterocycles. The number of amides is 2. The standard InChI is InChI=1S/C20H22F5N3O2S/c1-3-7-28-18(29)11(4-10-31-2)26-20(28)5-8-27(9-6-20)19(30)12-13(21)15(23)17(25)16(24)14(12)22/h3,11,26H,1,4-10H2,2H3. The molecule has 5 nitrogen and oxygen atoms in total. The smallest absolute Gasteiger partial charge is 0.260 e. The molecule has 2 amide bonds. The van der Waals surface area contributed by atoms with Gasteiger partial charge in [-0.25, -0.2) is 22.0 Å². The highest BCUT2D eigenvalue weighted by atomic mass is 32.2. The van der Waals surface area contributed by atoms with Crippen molar-refractivity contribution in [2.75, 3.05) is 31.6 Å². The molecule has 1 aromatic rings. The summed E-state index contributed by atoms with van der Waals surface area (Å²) < 4.78 is 68.3. The first-order valence-corrected chi connectivity index (χ1v) is 11.1. The Bertz CT molecular complexity index is 876. The van der Waals surface area contributed by atoms with Crippen LogP contribution >= 0.6 is 11.8 Å². The fourth-order valence-corrected chi connectivity index (χ4v) is 4.60. The van der Waals surface area contributed by atoms with Gasteiger partial charge in [-0.1, -0.05) is 6.08 Å². The van der Waals surface area contributed by atoms with Crippen LogP contribution in [0.4, 0.5) is 22.0 Å². The molecule has 0 aromatic heterocycles. The second-order valence-electron chi connectivity index (χ2n) is 7.48. The normalized spacial score (nSPS) is 20.6. The van der Waals surface area contributed by atoms with Crippen LogP contribution in [0.25, 0.3) is 0 Å². The molecule has 0 aliphatic carbocycles. The molecule has 170 valence electrons. The van der Waals surface area contributed by atoms with Crippen LogP contribution in [0.15, 0.2) is 12.7 Å². The molecular weight excluding hydrogens is 441 g/mol. The Morgan fingerprint density at radius 1 is 1.13 bits per heavy atom. The monoisotopic (exact) mass is 463 g/mol. The van der Waals surface area contributed by atoms with E-state index in [1.165, 1.54) is 0 Å². The van der Waals surface area contributed by atoms with Gasteiger partial charge in [0.05, 0.1) is 11.7 Å². The van der Waals surface area contributed by atoms with Gasteiger partial charge in [0.1, 0.15) is 5.56 Å². The number of carbonyl (C=O) groups is 2. The molecule has 11 heteroatoms. The Kier molecular flexibility index (Phi) is 6.95. The van der Waals surface area contributed by atoms with Crippen molar-refractivity contribution < 1.29 is 31.5 Å². The topological polar surface area (TPSA) is 52.7 Å². The summed E-state index contributed by atoms with van der Waals surface area (Å²) in [6, 6.07) is -0.398. The predicted octanol–water partition coefficient (Wildman–Crippen LogP) is 3.05. The zero-order valence-corrected chi connectivity index (χ0v) is 17.6. The van der Waals surface area contributed by atoms with Crippen molar-refractivity contribution in [3.63, 3.8) is 0 Å². The van der Waals surface area contributed by atoms with E-state index in [9.17, 15) is 31.5 Å². The number of thioether (sulfide) groups is 1. The number of hydrogen-bond donors (Lipinski definition) is 1. The van der Waals surface area contributed by atoms with Crippen molar-refractivity contribution in [2.24, 2.45) is 0 Å². The molecule has 3 rings (SSSR count). The molecule has 1 spiro atoms. The van der Waals surface area contributed by atoms with Crippen molar-refractivity contribution in [3.8, 4) is 0 Å². The molecule has 0 radical (unpaired) electrons. The average molecular weight is 463 g/mol. The molecule has 31 heavy (non-hydrogen) atoms. The molecule has 2 saturated heterocycles. The number of nitrogens with zero attached hydrogens (tertiary/aromatic N) is 2. The number of benzene rings is 1. The average Bonchev–Trinajstić information content (AvgIpc) is 3.01. The number of halogens is 5. The lowest BCUT2D eigenvalue weighted by molar-refractivity contribution is -0.132. The Morgan fingerprint density at radius 3 is 2.19 bits per heavy atom. The van der Waals surface area contributed by atoms with Crippen molar-refractivity contribution in [3.05, 3.63) is 47.3 Å². The van der Waals surface area contributed by atoms with Gasteiger partial charge in [-0.15, -0.1) is 6.58 Å². The number of rotatable bonds is 6. The van der Waals surface area contributed by atoms with E-state index in [0.717, 1.165) is 10.7 Å². The highest BCUT2D eigenvalue weighted by Gasteiger charge is 2.51. The number of piperidine rings is 1. The van der Waals surface area contributed by atoms with Crippen LogP contribution in [0.5, 0.6) is 0 Å². The summed E-state index contributed by atoms with van der Waals surface area (Å²) in [5.41, 5.74) is -2.23. The maximum absolute atomic E-state index is 14.0. The van der Waals surface area contributed by atoms with Crippen molar-refractivity contribution in [1.29, 1.82) is 0 Å². The van der Waals surface area contributed by atoms with Gasteiger partial charge in [0.15, 0.2) is 23.3 Å². The molecule has 2 aliphatic rings. The minimum Gasteiger partial charge on any atom is -0.338 e. The third-order valence-electron chi connectivity index (χ3n) is 5.75. The Hall–Kier alpha value is -2.14. The summed E-state index contributed by atoms with van der Waals surface area (Å²) in [4.78, 5) is 28.1. The zero-order valence-electron chi connectivity index (χ0n) is 16.8. The van der Waals surface area contributed by atoms with E-state index in [1.807, 2.05) is 6.26 Å². The molecule has 1 N–H and O–H groups in total. The molecule has 0 saturated carbocycles. The van der Waals surface area contributed by atoms with Crippen LogP contribution in [-0.2, 0) is 4.79 Å². The summed E-state index contributed by atoms with van der Waals surface area (Å²) in [7, 11) is 0. The maximum Gasteiger partial charge on any atom is 0.260 e. The minimum absolute atomic E-state index is 0.0263. The van der Waals surface area contributed by atoms with Crippen LogP contribution in [0, 0.1) is 29.1 Å².